The fourth-order valence-corrected chi connectivity index (χ4v) is 7.32. The number of likely N-dealkylation sites (tertiary alicyclic amines) is 1. The van der Waals surface area contributed by atoms with Crippen LogP contribution in [0.15, 0.2) is 25.3 Å². The van der Waals surface area contributed by atoms with Crippen LogP contribution in [0.3, 0.4) is 0 Å². The molecule has 0 aromatic rings. The number of hydrogen-bond donors (Lipinski definition) is 4. The topological polar surface area (TPSA) is 171 Å². The van der Waals surface area contributed by atoms with Crippen LogP contribution in [-0.4, -0.2) is 83.4 Å². The van der Waals surface area contributed by atoms with Crippen molar-refractivity contribution < 1.29 is 37.4 Å². The first-order valence-corrected chi connectivity index (χ1v) is 16.5. The van der Waals surface area contributed by atoms with E-state index in [-0.39, 0.29) is 25.3 Å². The zero-order valence-electron chi connectivity index (χ0n) is 25.9. The highest BCUT2D eigenvalue weighted by molar-refractivity contribution is 7.91. The quantitative estimate of drug-likeness (QED) is 0.157. The second-order valence-corrected chi connectivity index (χ2v) is 15.4. The molecule has 3 rings (SSSR count). The molecule has 1 saturated heterocycles. The molecule has 0 aromatic carbocycles. The van der Waals surface area contributed by atoms with Crippen LogP contribution >= 0.6 is 0 Å². The van der Waals surface area contributed by atoms with Crippen LogP contribution in [0.4, 0.5) is 4.79 Å². The first kappa shape index (κ1) is 34.7. The van der Waals surface area contributed by atoms with Crippen LogP contribution in [0, 0.1) is 17.8 Å². The number of aliphatic hydroxyl groups excluding tert-OH is 1. The van der Waals surface area contributed by atoms with Gasteiger partial charge in [-0.3, -0.25) is 29.3 Å². The summed E-state index contributed by atoms with van der Waals surface area (Å²) in [4.78, 5) is 54.8. The summed E-state index contributed by atoms with van der Waals surface area (Å²) < 4.78 is 32.6. The van der Waals surface area contributed by atoms with Gasteiger partial charge < -0.3 is 15.2 Å². The number of nitrogens with one attached hydrogen (secondary N) is 3. The van der Waals surface area contributed by atoms with E-state index in [0.29, 0.717) is 25.5 Å². The van der Waals surface area contributed by atoms with Crippen LogP contribution in [-0.2, 0) is 29.1 Å². The van der Waals surface area contributed by atoms with Crippen molar-refractivity contribution in [3.8, 4) is 0 Å². The summed E-state index contributed by atoms with van der Waals surface area (Å²) in [6.07, 6.45) is 5.04. The zero-order valence-corrected chi connectivity index (χ0v) is 26.7. The highest BCUT2D eigenvalue weighted by Crippen LogP contribution is 2.46. The number of alkyl carbamates (subject to hydrolysis) is 1. The van der Waals surface area contributed by atoms with Crippen molar-refractivity contribution in [1.29, 1.82) is 0 Å². The summed E-state index contributed by atoms with van der Waals surface area (Å²) in [7, 11) is -3.87. The standard InChI is InChI=1S/C30H48N4O8S/c1-8-10-11-19(3)14-20(4)30(18-35,32-27(39)42-28(5,6)7)34-17-22(36)15-24(34)25(37)31-29(16-21(29)9-2)26(38)33-43(40,41)23-12-13-23/h8-9,18-24,36H,1-2,10-17H2,3-7H3,(H,31,37)(H,32,39)(H,33,38)/t19?,20-,21-,22-,24+,29-,30-/m1/s1. The molecule has 3 aliphatic rings. The number of carbonyl (C=O) groups is 4. The summed E-state index contributed by atoms with van der Waals surface area (Å²) >= 11 is 0. The van der Waals surface area contributed by atoms with Gasteiger partial charge in [0.2, 0.25) is 15.9 Å². The van der Waals surface area contributed by atoms with Gasteiger partial charge in [0.25, 0.3) is 5.91 Å². The number of carbonyl (C=O) groups excluding carboxylic acids is 4. The number of rotatable bonds is 15. The Balaban J connectivity index is 1.93. The second kappa shape index (κ2) is 13.1. The van der Waals surface area contributed by atoms with E-state index in [4.69, 9.17) is 4.74 Å². The molecule has 3 amide bonds. The van der Waals surface area contributed by atoms with Gasteiger partial charge in [-0.15, -0.1) is 13.2 Å². The Hall–Kier alpha value is -2.77. The summed E-state index contributed by atoms with van der Waals surface area (Å²) in [5.41, 5.74) is -4.14. The van der Waals surface area contributed by atoms with Gasteiger partial charge in [-0.25, -0.2) is 13.2 Å². The van der Waals surface area contributed by atoms with Crippen molar-refractivity contribution in [2.24, 2.45) is 17.8 Å². The average Bonchev–Trinajstić information content (AvgIpc) is 3.82. The van der Waals surface area contributed by atoms with E-state index in [9.17, 15) is 32.7 Å². The van der Waals surface area contributed by atoms with Crippen molar-refractivity contribution in [3.05, 3.63) is 25.3 Å². The SMILES string of the molecule is C=CCCC(C)C[C@@H](C)[C@](C=O)(NC(=O)OC(C)(C)C)N1C[C@H](O)C[C@H]1C(=O)N[C@]1(C(=O)NS(=O)(=O)C2CC2)C[C@H]1C=C. The lowest BCUT2D eigenvalue weighted by molar-refractivity contribution is -0.138. The normalized spacial score (nSPS) is 28.5. The minimum absolute atomic E-state index is 0.0764. The molecular weight excluding hydrogens is 576 g/mol. The second-order valence-electron chi connectivity index (χ2n) is 13.4. The average molecular weight is 625 g/mol. The fraction of sp³-hybridized carbons (Fsp3) is 0.733. The van der Waals surface area contributed by atoms with Gasteiger partial charge in [-0.1, -0.05) is 26.0 Å². The lowest BCUT2D eigenvalue weighted by Gasteiger charge is -2.45. The molecule has 0 radical (unpaired) electrons. The Morgan fingerprint density at radius 2 is 1.84 bits per heavy atom. The third-order valence-corrected chi connectivity index (χ3v) is 10.4. The number of sulfonamides is 1. The van der Waals surface area contributed by atoms with E-state index in [1.54, 1.807) is 33.8 Å². The number of nitrogens with zero attached hydrogens (tertiary/aromatic N) is 1. The maximum atomic E-state index is 13.9. The van der Waals surface area contributed by atoms with E-state index in [0.717, 1.165) is 12.8 Å². The molecule has 0 bridgehead atoms. The van der Waals surface area contributed by atoms with Crippen LogP contribution in [0.25, 0.3) is 0 Å². The minimum atomic E-state index is -3.87. The van der Waals surface area contributed by atoms with Crippen molar-refractivity contribution >= 4 is 34.2 Å². The van der Waals surface area contributed by atoms with Gasteiger partial charge in [0.1, 0.15) is 11.1 Å². The Labute approximate surface area is 255 Å². The summed E-state index contributed by atoms with van der Waals surface area (Å²) in [5, 5.41) is 15.6. The van der Waals surface area contributed by atoms with Crippen molar-refractivity contribution in [3.63, 3.8) is 0 Å². The van der Waals surface area contributed by atoms with E-state index >= 15 is 0 Å². The van der Waals surface area contributed by atoms with Crippen molar-refractivity contribution in [2.75, 3.05) is 6.54 Å². The maximum absolute atomic E-state index is 13.9. The molecule has 242 valence electrons. The molecule has 0 spiro atoms. The highest BCUT2D eigenvalue weighted by Gasteiger charge is 2.62. The van der Waals surface area contributed by atoms with Gasteiger partial charge in [-0.05, 0) is 71.6 Å². The minimum Gasteiger partial charge on any atom is -0.444 e. The molecule has 4 N–H and O–H groups in total. The molecule has 13 heteroatoms. The Morgan fingerprint density at radius 1 is 1.19 bits per heavy atom. The lowest BCUT2D eigenvalue weighted by atomic mass is 9.83. The summed E-state index contributed by atoms with van der Waals surface area (Å²) in [5.74, 6) is -2.43. The van der Waals surface area contributed by atoms with Gasteiger partial charge in [0.15, 0.2) is 11.9 Å². The largest absolute Gasteiger partial charge is 0.444 e. The van der Waals surface area contributed by atoms with Crippen LogP contribution in [0.2, 0.25) is 0 Å². The van der Waals surface area contributed by atoms with E-state index < -0.39 is 74.0 Å². The van der Waals surface area contributed by atoms with Crippen LogP contribution in [0.1, 0.15) is 79.6 Å². The molecule has 2 aliphatic carbocycles. The predicted octanol–water partition coefficient (Wildman–Crippen LogP) is 2.14. The van der Waals surface area contributed by atoms with Gasteiger partial charge in [0.05, 0.1) is 17.4 Å². The van der Waals surface area contributed by atoms with Crippen molar-refractivity contribution in [1.82, 2.24) is 20.3 Å². The maximum Gasteiger partial charge on any atom is 0.409 e. The zero-order chi connectivity index (χ0) is 32.4. The van der Waals surface area contributed by atoms with Gasteiger partial charge in [0, 0.05) is 18.4 Å². The van der Waals surface area contributed by atoms with Crippen LogP contribution < -0.4 is 15.4 Å². The van der Waals surface area contributed by atoms with E-state index in [1.165, 1.54) is 11.0 Å². The number of β-amino-alcohol motifs (C(OH)–C–C–N with tert-alkyl or cyclic N) is 1. The van der Waals surface area contributed by atoms with Gasteiger partial charge >= 0.3 is 6.09 Å². The molecular formula is C30H48N4O8S. The molecule has 43 heavy (non-hydrogen) atoms. The number of allylic oxidation sites excluding steroid dienone is 1. The molecule has 7 atom stereocenters. The lowest BCUT2D eigenvalue weighted by Crippen LogP contribution is -2.69. The number of aliphatic hydroxyl groups is 1. The molecule has 1 aliphatic heterocycles. The summed E-state index contributed by atoms with van der Waals surface area (Å²) in [6, 6.07) is -1.13. The van der Waals surface area contributed by atoms with E-state index in [1.807, 2.05) is 6.92 Å². The third kappa shape index (κ3) is 8.04. The number of aldehydes is 1. The molecule has 1 heterocycles. The number of ether oxygens (including phenoxy) is 1. The summed E-state index contributed by atoms with van der Waals surface area (Å²) in [6.45, 7) is 16.2. The van der Waals surface area contributed by atoms with Crippen LogP contribution in [0.5, 0.6) is 0 Å². The molecule has 3 fully saturated rings. The Bertz CT molecular complexity index is 1210. The predicted molar refractivity (Wildman–Crippen MR) is 161 cm³/mol. The number of amides is 3. The molecule has 12 nitrogen and oxygen atoms in total. The smallest absolute Gasteiger partial charge is 0.409 e. The molecule has 2 saturated carbocycles. The van der Waals surface area contributed by atoms with Crippen molar-refractivity contribution in [2.45, 2.75) is 114 Å². The Kier molecular flexibility index (Phi) is 10.6. The molecule has 0 aromatic heterocycles. The third-order valence-electron chi connectivity index (χ3n) is 8.56. The monoisotopic (exact) mass is 624 g/mol. The van der Waals surface area contributed by atoms with E-state index in [2.05, 4.69) is 28.5 Å². The highest BCUT2D eigenvalue weighted by atomic mass is 32.2. The fourth-order valence-electron chi connectivity index (χ4n) is 5.95. The van der Waals surface area contributed by atoms with Gasteiger partial charge in [-0.2, -0.15) is 0 Å². The first-order chi connectivity index (χ1) is 19.9. The first-order valence-electron chi connectivity index (χ1n) is 15.0. The Morgan fingerprint density at radius 3 is 2.35 bits per heavy atom. The number of hydrogen-bond acceptors (Lipinski definition) is 9. The molecule has 1 unspecified atom stereocenters.